The number of ketones is 1. The minimum Gasteiger partial charge on any atom is -0.462 e. The fraction of sp³-hybridized carbons (Fsp3) is 0.267. The van der Waals surface area contributed by atoms with Gasteiger partial charge in [0.05, 0.1) is 42.0 Å². The highest BCUT2D eigenvalue weighted by Gasteiger charge is 2.64. The van der Waals surface area contributed by atoms with E-state index in [0.717, 1.165) is 28.9 Å². The molecule has 0 aliphatic carbocycles. The largest absolute Gasteiger partial charge is 0.462 e. The van der Waals surface area contributed by atoms with E-state index in [1.54, 1.807) is 42.6 Å². The third-order valence-corrected chi connectivity index (χ3v) is 7.59. The first kappa shape index (κ1) is 23.9. The average molecular weight is 511 g/mol. The number of fused-ring (bicyclic) bond motifs is 5. The molecule has 2 saturated heterocycles. The zero-order chi connectivity index (χ0) is 26.4. The van der Waals surface area contributed by atoms with Crippen molar-refractivity contribution in [2.75, 3.05) is 11.5 Å². The van der Waals surface area contributed by atoms with Crippen LogP contribution in [0.4, 0.5) is 5.69 Å². The van der Waals surface area contributed by atoms with E-state index in [-0.39, 0.29) is 17.5 Å². The lowest BCUT2D eigenvalue weighted by atomic mass is 9.84. The van der Waals surface area contributed by atoms with E-state index in [2.05, 4.69) is 0 Å². The molecule has 8 nitrogen and oxygen atoms in total. The molecule has 0 unspecified atom stereocenters. The molecule has 2 amide bonds. The summed E-state index contributed by atoms with van der Waals surface area (Å²) in [5, 5.41) is 0. The number of furan rings is 1. The Kier molecular flexibility index (Phi) is 5.94. The summed E-state index contributed by atoms with van der Waals surface area (Å²) in [5.74, 6) is -3.10. The number of hydrogen-bond donors (Lipinski definition) is 0. The predicted molar refractivity (Wildman–Crippen MR) is 138 cm³/mol. The van der Waals surface area contributed by atoms with Crippen molar-refractivity contribution in [1.29, 1.82) is 0 Å². The molecule has 4 heterocycles. The van der Waals surface area contributed by atoms with Crippen LogP contribution in [0.5, 0.6) is 0 Å². The van der Waals surface area contributed by atoms with Crippen LogP contribution < -0.4 is 4.90 Å². The molecule has 3 aromatic rings. The van der Waals surface area contributed by atoms with Gasteiger partial charge < -0.3 is 14.1 Å². The third-order valence-electron chi connectivity index (χ3n) is 7.59. The number of amides is 2. The number of carbonyl (C=O) groups excluding carboxylic acids is 4. The SMILES string of the molecule is CCCCOC(=O)c1ccc(N2C(=O)[C@@H]3[C@H](C2=O)[C@@H]2c4ccccc4C=CN2[C@@H]3C(=O)c2ccco2)cc1. The van der Waals surface area contributed by atoms with Gasteiger partial charge in [0.25, 0.3) is 0 Å². The number of carbonyl (C=O) groups is 4. The molecule has 6 rings (SSSR count). The molecule has 3 aliphatic heterocycles. The molecule has 0 spiro atoms. The maximum absolute atomic E-state index is 13.9. The molecule has 38 heavy (non-hydrogen) atoms. The molecular formula is C30H26N2O6. The molecule has 2 aromatic carbocycles. The van der Waals surface area contributed by atoms with Gasteiger partial charge in [-0.25, -0.2) is 9.69 Å². The summed E-state index contributed by atoms with van der Waals surface area (Å²) in [6.07, 6.45) is 6.82. The molecule has 4 atom stereocenters. The number of Topliss-reactive ketones (excluding diaryl/α,β-unsaturated/α-hetero) is 1. The molecule has 0 bridgehead atoms. The smallest absolute Gasteiger partial charge is 0.338 e. The van der Waals surface area contributed by atoms with E-state index in [1.807, 2.05) is 42.2 Å². The Hall–Kier alpha value is -4.46. The second kappa shape index (κ2) is 9.45. The van der Waals surface area contributed by atoms with Crippen molar-refractivity contribution in [3.8, 4) is 0 Å². The summed E-state index contributed by atoms with van der Waals surface area (Å²) in [4.78, 5) is 56.8. The molecule has 1 aromatic heterocycles. The van der Waals surface area contributed by atoms with Crippen molar-refractivity contribution < 1.29 is 28.3 Å². The Labute approximate surface area is 219 Å². The minimum absolute atomic E-state index is 0.145. The van der Waals surface area contributed by atoms with E-state index in [1.165, 1.54) is 6.26 Å². The monoisotopic (exact) mass is 510 g/mol. The minimum atomic E-state index is -0.893. The van der Waals surface area contributed by atoms with Crippen molar-refractivity contribution >= 4 is 35.3 Å². The van der Waals surface area contributed by atoms with Crippen LogP contribution in [0.2, 0.25) is 0 Å². The van der Waals surface area contributed by atoms with Gasteiger partial charge in [0.1, 0.15) is 6.04 Å². The number of benzene rings is 2. The van der Waals surface area contributed by atoms with Gasteiger partial charge in [-0.2, -0.15) is 0 Å². The standard InChI is InChI=1S/C30H26N2O6/c1-2-3-16-38-30(36)19-10-12-20(13-11-19)32-28(34)23-24(29(32)35)26(27(33)22-9-6-17-37-22)31-15-14-18-7-4-5-8-21(18)25(23)31/h4-15,17,23-26H,2-3,16H2,1H3/t23-,24+,25-,26-/m0/s1. The van der Waals surface area contributed by atoms with E-state index in [0.29, 0.717) is 17.9 Å². The maximum Gasteiger partial charge on any atom is 0.338 e. The fourth-order valence-corrected chi connectivity index (χ4v) is 5.82. The first-order chi connectivity index (χ1) is 18.5. The van der Waals surface area contributed by atoms with Crippen LogP contribution >= 0.6 is 0 Å². The third kappa shape index (κ3) is 3.67. The van der Waals surface area contributed by atoms with E-state index >= 15 is 0 Å². The number of rotatable bonds is 7. The highest BCUT2D eigenvalue weighted by molar-refractivity contribution is 6.24. The van der Waals surface area contributed by atoms with Crippen LogP contribution in [0.1, 0.15) is 57.8 Å². The zero-order valence-corrected chi connectivity index (χ0v) is 20.8. The molecular weight excluding hydrogens is 484 g/mol. The number of imide groups is 1. The first-order valence-corrected chi connectivity index (χ1v) is 12.8. The highest BCUT2D eigenvalue weighted by Crippen LogP contribution is 2.53. The normalized spacial score (nSPS) is 23.3. The van der Waals surface area contributed by atoms with Gasteiger partial charge in [-0.15, -0.1) is 0 Å². The lowest BCUT2D eigenvalue weighted by Gasteiger charge is -2.35. The van der Waals surface area contributed by atoms with Gasteiger partial charge in [0.15, 0.2) is 5.76 Å². The van der Waals surface area contributed by atoms with Crippen LogP contribution in [0, 0.1) is 11.8 Å². The highest BCUT2D eigenvalue weighted by atomic mass is 16.5. The van der Waals surface area contributed by atoms with Crippen LogP contribution in [0.25, 0.3) is 6.08 Å². The quantitative estimate of drug-likeness (QED) is 0.198. The summed E-state index contributed by atoms with van der Waals surface area (Å²) in [7, 11) is 0. The molecule has 8 heteroatoms. The number of unbranched alkanes of at least 4 members (excludes halogenated alkanes) is 1. The predicted octanol–water partition coefficient (Wildman–Crippen LogP) is 4.63. The van der Waals surface area contributed by atoms with Crippen molar-refractivity contribution in [2.45, 2.75) is 31.8 Å². The lowest BCUT2D eigenvalue weighted by Crippen LogP contribution is -2.44. The van der Waals surface area contributed by atoms with Gasteiger partial charge in [0.2, 0.25) is 17.6 Å². The molecule has 3 aliphatic rings. The van der Waals surface area contributed by atoms with E-state index in [4.69, 9.17) is 9.15 Å². The zero-order valence-electron chi connectivity index (χ0n) is 20.8. The van der Waals surface area contributed by atoms with E-state index < -0.39 is 35.8 Å². The van der Waals surface area contributed by atoms with Crippen LogP contribution in [0.3, 0.4) is 0 Å². The summed E-state index contributed by atoms with van der Waals surface area (Å²) in [5.41, 5.74) is 2.54. The van der Waals surface area contributed by atoms with Gasteiger partial charge in [0, 0.05) is 6.20 Å². The molecule has 0 saturated carbocycles. The van der Waals surface area contributed by atoms with Crippen molar-refractivity contribution in [1.82, 2.24) is 4.90 Å². The summed E-state index contributed by atoms with van der Waals surface area (Å²) < 4.78 is 10.7. The van der Waals surface area contributed by atoms with Gasteiger partial charge in [-0.1, -0.05) is 37.6 Å². The van der Waals surface area contributed by atoms with Crippen molar-refractivity contribution in [3.05, 3.63) is 95.6 Å². The van der Waals surface area contributed by atoms with Gasteiger partial charge in [-0.05, 0) is 60.0 Å². The Morgan fingerprint density at radius 2 is 1.71 bits per heavy atom. The Balaban J connectivity index is 1.36. The summed E-state index contributed by atoms with van der Waals surface area (Å²) in [6.45, 7) is 2.35. The maximum atomic E-state index is 13.9. The van der Waals surface area contributed by atoms with Crippen LogP contribution in [-0.2, 0) is 14.3 Å². The van der Waals surface area contributed by atoms with Crippen LogP contribution in [-0.4, -0.2) is 41.1 Å². The fourth-order valence-electron chi connectivity index (χ4n) is 5.82. The Morgan fingerprint density at radius 1 is 0.947 bits per heavy atom. The topological polar surface area (TPSA) is 97.1 Å². The molecule has 2 fully saturated rings. The average Bonchev–Trinajstić information content (AvgIpc) is 3.65. The number of esters is 1. The first-order valence-electron chi connectivity index (χ1n) is 12.8. The van der Waals surface area contributed by atoms with E-state index in [9.17, 15) is 19.2 Å². The van der Waals surface area contributed by atoms with Gasteiger partial charge in [-0.3, -0.25) is 14.4 Å². The Morgan fingerprint density at radius 3 is 2.45 bits per heavy atom. The van der Waals surface area contributed by atoms with Crippen molar-refractivity contribution in [3.63, 3.8) is 0 Å². The lowest BCUT2D eigenvalue weighted by molar-refractivity contribution is -0.123. The number of nitrogens with zero attached hydrogens (tertiary/aromatic N) is 2. The second-order valence-corrected chi connectivity index (χ2v) is 9.72. The van der Waals surface area contributed by atoms with Crippen LogP contribution in [0.15, 0.2) is 77.5 Å². The number of ether oxygens (including phenoxy) is 1. The molecule has 0 N–H and O–H groups in total. The number of hydrogen-bond acceptors (Lipinski definition) is 7. The van der Waals surface area contributed by atoms with Crippen molar-refractivity contribution in [2.24, 2.45) is 11.8 Å². The number of anilines is 1. The summed E-state index contributed by atoms with van der Waals surface area (Å²) in [6, 6.07) is 15.8. The van der Waals surface area contributed by atoms with Gasteiger partial charge >= 0.3 is 5.97 Å². The molecule has 192 valence electrons. The molecule has 0 radical (unpaired) electrons. The summed E-state index contributed by atoms with van der Waals surface area (Å²) >= 11 is 0. The Bertz CT molecular complexity index is 1440. The second-order valence-electron chi connectivity index (χ2n) is 9.72.